The number of nitrogens with zero attached hydrogens (tertiary/aromatic N) is 1. The molecule has 1 fully saturated rings. The summed E-state index contributed by atoms with van der Waals surface area (Å²) in [6.45, 7) is 7.77. The SMILES string of the molecule is CC.CC(=O)Cc1cccc(CCN2C(=O)CC(C)C2=O)c1. The number of hydrogen-bond acceptors (Lipinski definition) is 3. The van der Waals surface area contributed by atoms with E-state index < -0.39 is 0 Å². The fourth-order valence-electron chi connectivity index (χ4n) is 2.51. The van der Waals surface area contributed by atoms with Gasteiger partial charge in [0.05, 0.1) is 0 Å². The zero-order chi connectivity index (χ0) is 16.7. The molecule has 4 nitrogen and oxygen atoms in total. The second kappa shape index (κ2) is 8.47. The zero-order valence-corrected chi connectivity index (χ0v) is 13.9. The molecule has 0 aromatic heterocycles. The number of benzene rings is 1. The van der Waals surface area contributed by atoms with Crippen molar-refractivity contribution in [1.82, 2.24) is 4.90 Å². The third-order valence-corrected chi connectivity index (χ3v) is 3.54. The number of Topliss-reactive ketones (excluding diaryl/α,β-unsaturated/α-hetero) is 1. The average Bonchev–Trinajstić information content (AvgIpc) is 2.72. The molecule has 1 saturated heterocycles. The van der Waals surface area contributed by atoms with Crippen LogP contribution >= 0.6 is 0 Å². The lowest BCUT2D eigenvalue weighted by Gasteiger charge is -2.14. The Balaban J connectivity index is 0.00000116. The van der Waals surface area contributed by atoms with Crippen molar-refractivity contribution >= 4 is 17.6 Å². The number of rotatable bonds is 5. The average molecular weight is 303 g/mol. The fraction of sp³-hybridized carbons (Fsp3) is 0.500. The lowest BCUT2D eigenvalue weighted by Crippen LogP contribution is -2.32. The van der Waals surface area contributed by atoms with E-state index in [0.717, 1.165) is 11.1 Å². The third-order valence-electron chi connectivity index (χ3n) is 3.54. The third kappa shape index (κ3) is 4.79. The van der Waals surface area contributed by atoms with Gasteiger partial charge in [-0.05, 0) is 24.5 Å². The molecule has 2 rings (SSSR count). The highest BCUT2D eigenvalue weighted by molar-refractivity contribution is 6.03. The number of likely N-dealkylation sites (tertiary alicyclic amines) is 1. The van der Waals surface area contributed by atoms with Gasteiger partial charge in [0.15, 0.2) is 0 Å². The highest BCUT2D eigenvalue weighted by atomic mass is 16.2. The zero-order valence-electron chi connectivity index (χ0n) is 13.9. The summed E-state index contributed by atoms with van der Waals surface area (Å²) in [6, 6.07) is 7.75. The highest BCUT2D eigenvalue weighted by Crippen LogP contribution is 2.19. The molecule has 2 amide bonds. The standard InChI is InChI=1S/C16H19NO3.C2H6/c1-11-8-15(19)17(16(11)20)7-6-13-4-3-5-14(10-13)9-12(2)18;1-2/h3-5,10-11H,6-9H2,1-2H3;1-2H3. The molecule has 1 unspecified atom stereocenters. The highest BCUT2D eigenvalue weighted by Gasteiger charge is 2.34. The normalized spacial score (nSPS) is 17.3. The van der Waals surface area contributed by atoms with Crippen molar-refractivity contribution in [3.8, 4) is 0 Å². The van der Waals surface area contributed by atoms with E-state index in [1.165, 1.54) is 4.90 Å². The number of ketones is 1. The Kier molecular flexibility index (Phi) is 6.96. The molecule has 0 N–H and O–H groups in total. The Morgan fingerprint density at radius 3 is 2.41 bits per heavy atom. The summed E-state index contributed by atoms with van der Waals surface area (Å²) in [4.78, 5) is 36.0. The van der Waals surface area contributed by atoms with Crippen LogP contribution in [0.4, 0.5) is 0 Å². The molecular weight excluding hydrogens is 278 g/mol. The molecule has 120 valence electrons. The maximum Gasteiger partial charge on any atom is 0.232 e. The summed E-state index contributed by atoms with van der Waals surface area (Å²) in [5.41, 5.74) is 2.02. The van der Waals surface area contributed by atoms with Crippen LogP contribution in [-0.4, -0.2) is 29.0 Å². The van der Waals surface area contributed by atoms with Crippen LogP contribution in [0.5, 0.6) is 0 Å². The quantitative estimate of drug-likeness (QED) is 0.786. The second-order valence-electron chi connectivity index (χ2n) is 5.44. The molecule has 0 saturated carbocycles. The molecule has 0 radical (unpaired) electrons. The number of amides is 2. The molecule has 22 heavy (non-hydrogen) atoms. The van der Waals surface area contributed by atoms with Crippen LogP contribution in [0, 0.1) is 5.92 Å². The van der Waals surface area contributed by atoms with Gasteiger partial charge in [-0.2, -0.15) is 0 Å². The number of hydrogen-bond donors (Lipinski definition) is 0. The Hall–Kier alpha value is -1.97. The van der Waals surface area contributed by atoms with E-state index in [-0.39, 0.29) is 23.5 Å². The van der Waals surface area contributed by atoms with Gasteiger partial charge in [0.2, 0.25) is 11.8 Å². The minimum Gasteiger partial charge on any atom is -0.300 e. The van der Waals surface area contributed by atoms with E-state index in [4.69, 9.17) is 0 Å². The Labute approximate surface area is 132 Å². The Morgan fingerprint density at radius 2 is 1.86 bits per heavy atom. The van der Waals surface area contributed by atoms with Crippen LogP contribution in [0.3, 0.4) is 0 Å². The van der Waals surface area contributed by atoms with Crippen LogP contribution in [0.2, 0.25) is 0 Å². The predicted molar refractivity (Wildman–Crippen MR) is 86.4 cm³/mol. The molecule has 0 spiro atoms. The van der Waals surface area contributed by atoms with E-state index in [1.54, 1.807) is 13.8 Å². The van der Waals surface area contributed by atoms with Gasteiger partial charge in [-0.15, -0.1) is 0 Å². The molecule has 1 atom stereocenters. The summed E-state index contributed by atoms with van der Waals surface area (Å²) >= 11 is 0. The second-order valence-corrected chi connectivity index (χ2v) is 5.44. The van der Waals surface area contributed by atoms with Crippen LogP contribution in [-0.2, 0) is 27.2 Å². The summed E-state index contributed by atoms with van der Waals surface area (Å²) in [5.74, 6) is -0.218. The maximum absolute atomic E-state index is 11.8. The van der Waals surface area contributed by atoms with Gasteiger partial charge in [0.1, 0.15) is 5.78 Å². The van der Waals surface area contributed by atoms with Gasteiger partial charge in [0, 0.05) is 25.3 Å². The minimum absolute atomic E-state index is 0.0742. The van der Waals surface area contributed by atoms with Gasteiger partial charge < -0.3 is 0 Å². The molecule has 1 aromatic carbocycles. The van der Waals surface area contributed by atoms with Crippen LogP contribution in [0.15, 0.2) is 24.3 Å². The predicted octanol–water partition coefficient (Wildman–Crippen LogP) is 2.78. The van der Waals surface area contributed by atoms with Gasteiger partial charge in [0.25, 0.3) is 0 Å². The van der Waals surface area contributed by atoms with Crippen LogP contribution in [0.25, 0.3) is 0 Å². The monoisotopic (exact) mass is 303 g/mol. The Morgan fingerprint density at radius 1 is 1.23 bits per heavy atom. The van der Waals surface area contributed by atoms with Crippen molar-refractivity contribution in [3.05, 3.63) is 35.4 Å². The fourth-order valence-corrected chi connectivity index (χ4v) is 2.51. The molecule has 1 aliphatic heterocycles. The molecule has 1 aromatic rings. The van der Waals surface area contributed by atoms with Crippen LogP contribution < -0.4 is 0 Å². The molecule has 4 heteroatoms. The van der Waals surface area contributed by atoms with Gasteiger partial charge in [-0.3, -0.25) is 19.3 Å². The van der Waals surface area contributed by atoms with Crippen molar-refractivity contribution in [3.63, 3.8) is 0 Å². The number of imide groups is 1. The van der Waals surface area contributed by atoms with Crippen molar-refractivity contribution in [2.24, 2.45) is 5.92 Å². The molecule has 1 aliphatic rings. The van der Waals surface area contributed by atoms with E-state index >= 15 is 0 Å². The van der Waals surface area contributed by atoms with E-state index in [0.29, 0.717) is 25.8 Å². The molecule has 1 heterocycles. The lowest BCUT2D eigenvalue weighted by molar-refractivity contribution is -0.139. The molecule has 0 aliphatic carbocycles. The van der Waals surface area contributed by atoms with E-state index in [1.807, 2.05) is 38.1 Å². The largest absolute Gasteiger partial charge is 0.300 e. The summed E-state index contributed by atoms with van der Waals surface area (Å²) in [6.07, 6.45) is 1.38. The first-order valence-electron chi connectivity index (χ1n) is 7.89. The van der Waals surface area contributed by atoms with E-state index in [2.05, 4.69) is 0 Å². The first-order chi connectivity index (χ1) is 10.5. The lowest BCUT2D eigenvalue weighted by atomic mass is 10.0. The summed E-state index contributed by atoms with van der Waals surface area (Å²) < 4.78 is 0. The van der Waals surface area contributed by atoms with Gasteiger partial charge in [-0.25, -0.2) is 0 Å². The maximum atomic E-state index is 11.8. The van der Waals surface area contributed by atoms with Crippen molar-refractivity contribution in [1.29, 1.82) is 0 Å². The Bertz CT molecular complexity index is 551. The summed E-state index contributed by atoms with van der Waals surface area (Å²) in [5, 5.41) is 0. The summed E-state index contributed by atoms with van der Waals surface area (Å²) in [7, 11) is 0. The minimum atomic E-state index is -0.188. The molecular formula is C18H25NO3. The number of carbonyl (C=O) groups is 3. The van der Waals surface area contributed by atoms with Crippen molar-refractivity contribution < 1.29 is 14.4 Å². The topological polar surface area (TPSA) is 54.5 Å². The van der Waals surface area contributed by atoms with Gasteiger partial charge in [-0.1, -0.05) is 45.0 Å². The number of carbonyl (C=O) groups excluding carboxylic acids is 3. The van der Waals surface area contributed by atoms with E-state index in [9.17, 15) is 14.4 Å². The van der Waals surface area contributed by atoms with Crippen molar-refractivity contribution in [2.45, 2.75) is 47.0 Å². The molecule has 0 bridgehead atoms. The first-order valence-corrected chi connectivity index (χ1v) is 7.89. The first kappa shape index (κ1) is 18.1. The van der Waals surface area contributed by atoms with Crippen molar-refractivity contribution in [2.75, 3.05) is 6.54 Å². The smallest absolute Gasteiger partial charge is 0.232 e. The van der Waals surface area contributed by atoms with Crippen LogP contribution in [0.1, 0.15) is 45.2 Å². The van der Waals surface area contributed by atoms with Gasteiger partial charge >= 0.3 is 0 Å².